The molecule has 2 aromatic carbocycles. The van der Waals surface area contributed by atoms with Crippen LogP contribution >= 0.6 is 45.7 Å². The van der Waals surface area contributed by atoms with Crippen LogP contribution in [-0.4, -0.2) is 43.3 Å². The van der Waals surface area contributed by atoms with Crippen molar-refractivity contribution in [2.24, 2.45) is 0 Å². The summed E-state index contributed by atoms with van der Waals surface area (Å²) in [6, 6.07) is 13.6. The number of hydrogen-bond donors (Lipinski definition) is 2. The first kappa shape index (κ1) is 22.2. The zero-order valence-corrected chi connectivity index (χ0v) is 20.7. The van der Waals surface area contributed by atoms with Gasteiger partial charge in [-0.2, -0.15) is 0 Å². The third-order valence-electron chi connectivity index (χ3n) is 4.58. The topological polar surface area (TPSA) is 92.9 Å². The number of fused-ring (bicyclic) bond motifs is 1. The van der Waals surface area contributed by atoms with E-state index < -0.39 is 6.10 Å². The van der Waals surface area contributed by atoms with Gasteiger partial charge < -0.3 is 10.4 Å². The molecule has 1 unspecified atom stereocenters. The molecule has 4 rings (SSSR count). The lowest BCUT2D eigenvalue weighted by Gasteiger charge is -2.11. The summed E-state index contributed by atoms with van der Waals surface area (Å²) >= 11 is 4.91. The molecule has 1 atom stereocenters. The SMILES string of the molecule is Cc1ccc(NCC(O)CSc2nnc(-n3c(C)nc4ccc(I)cc4c3=O)s2)cc1. The van der Waals surface area contributed by atoms with Gasteiger partial charge >= 0.3 is 0 Å². The molecular formula is C21H20IN5O2S2. The first-order valence-electron chi connectivity index (χ1n) is 9.55. The summed E-state index contributed by atoms with van der Waals surface area (Å²) in [5.74, 6) is 1.03. The lowest BCUT2D eigenvalue weighted by atomic mass is 10.2. The molecule has 0 aliphatic carbocycles. The van der Waals surface area contributed by atoms with E-state index >= 15 is 0 Å². The van der Waals surface area contributed by atoms with Gasteiger partial charge in [0.05, 0.1) is 17.0 Å². The number of aromatic nitrogens is 4. The van der Waals surface area contributed by atoms with Gasteiger partial charge in [-0.1, -0.05) is 40.8 Å². The van der Waals surface area contributed by atoms with Crippen molar-refractivity contribution < 1.29 is 5.11 Å². The van der Waals surface area contributed by atoms with Crippen LogP contribution < -0.4 is 10.9 Å². The molecule has 160 valence electrons. The van der Waals surface area contributed by atoms with Crippen molar-refractivity contribution in [3.63, 3.8) is 0 Å². The average Bonchev–Trinajstić information content (AvgIpc) is 3.21. The number of aliphatic hydroxyl groups excluding tert-OH is 1. The Kier molecular flexibility index (Phi) is 6.89. The Morgan fingerprint density at radius 3 is 2.74 bits per heavy atom. The van der Waals surface area contributed by atoms with Gasteiger partial charge in [0.1, 0.15) is 5.82 Å². The molecule has 0 saturated heterocycles. The van der Waals surface area contributed by atoms with Gasteiger partial charge in [-0.15, -0.1) is 10.2 Å². The highest BCUT2D eigenvalue weighted by Crippen LogP contribution is 2.26. The fourth-order valence-corrected chi connectivity index (χ4v) is 5.31. The predicted molar refractivity (Wildman–Crippen MR) is 135 cm³/mol. The van der Waals surface area contributed by atoms with Crippen LogP contribution in [0.1, 0.15) is 11.4 Å². The second-order valence-corrected chi connectivity index (χ2v) is 10.5. The third kappa shape index (κ3) is 5.25. The minimum Gasteiger partial charge on any atom is -0.390 e. The zero-order valence-electron chi connectivity index (χ0n) is 16.9. The van der Waals surface area contributed by atoms with Gasteiger partial charge in [0.25, 0.3) is 5.56 Å². The van der Waals surface area contributed by atoms with E-state index in [1.165, 1.54) is 33.2 Å². The maximum atomic E-state index is 13.0. The van der Waals surface area contributed by atoms with Crippen LogP contribution in [0.2, 0.25) is 0 Å². The van der Waals surface area contributed by atoms with Gasteiger partial charge in [-0.05, 0) is 66.8 Å². The Bertz CT molecular complexity index is 1270. The molecular weight excluding hydrogens is 545 g/mol. The van der Waals surface area contributed by atoms with E-state index in [9.17, 15) is 9.90 Å². The number of halogens is 1. The molecule has 2 N–H and O–H groups in total. The molecule has 0 spiro atoms. The van der Waals surface area contributed by atoms with Crippen LogP contribution in [-0.2, 0) is 0 Å². The quantitative estimate of drug-likeness (QED) is 0.258. The van der Waals surface area contributed by atoms with Crippen LogP contribution in [0, 0.1) is 17.4 Å². The van der Waals surface area contributed by atoms with Crippen LogP contribution in [0.25, 0.3) is 16.0 Å². The van der Waals surface area contributed by atoms with E-state index in [0.29, 0.717) is 38.5 Å². The maximum absolute atomic E-state index is 13.0. The smallest absolute Gasteiger partial charge is 0.267 e. The van der Waals surface area contributed by atoms with E-state index in [4.69, 9.17) is 0 Å². The summed E-state index contributed by atoms with van der Waals surface area (Å²) < 4.78 is 3.16. The lowest BCUT2D eigenvalue weighted by Crippen LogP contribution is -2.22. The van der Waals surface area contributed by atoms with E-state index in [2.05, 4.69) is 43.1 Å². The standard InChI is InChI=1S/C21H20IN5O2S2/c1-12-3-6-15(7-4-12)23-10-16(28)11-30-21-26-25-20(31-21)27-13(2)24-18-8-5-14(22)9-17(18)19(27)29/h3-9,16,23,28H,10-11H2,1-2H3. The van der Waals surface area contributed by atoms with Crippen molar-refractivity contribution in [2.45, 2.75) is 24.3 Å². The minimum atomic E-state index is -0.549. The van der Waals surface area contributed by atoms with E-state index in [0.717, 1.165) is 9.26 Å². The molecule has 2 aromatic heterocycles. The molecule has 0 saturated carbocycles. The van der Waals surface area contributed by atoms with Gasteiger partial charge in [-0.3, -0.25) is 4.79 Å². The molecule has 10 heteroatoms. The number of hydrogen-bond acceptors (Lipinski definition) is 8. The number of rotatable bonds is 7. The fourth-order valence-electron chi connectivity index (χ4n) is 2.98. The molecule has 0 radical (unpaired) electrons. The van der Waals surface area contributed by atoms with Gasteiger partial charge in [-0.25, -0.2) is 9.55 Å². The number of thioether (sulfide) groups is 1. The van der Waals surface area contributed by atoms with Crippen LogP contribution in [0.15, 0.2) is 51.6 Å². The Hall–Kier alpha value is -2.02. The summed E-state index contributed by atoms with van der Waals surface area (Å²) in [6.07, 6.45) is -0.549. The summed E-state index contributed by atoms with van der Waals surface area (Å²) in [4.78, 5) is 17.6. The predicted octanol–water partition coefficient (Wildman–Crippen LogP) is 4.02. The summed E-state index contributed by atoms with van der Waals surface area (Å²) in [7, 11) is 0. The molecule has 0 fully saturated rings. The molecule has 7 nitrogen and oxygen atoms in total. The number of anilines is 1. The van der Waals surface area contributed by atoms with Crippen LogP contribution in [0.3, 0.4) is 0 Å². The minimum absolute atomic E-state index is 0.156. The molecule has 0 aliphatic heterocycles. The highest BCUT2D eigenvalue weighted by Gasteiger charge is 2.15. The van der Waals surface area contributed by atoms with Crippen molar-refractivity contribution in [2.75, 3.05) is 17.6 Å². The molecule has 0 amide bonds. The Morgan fingerprint density at radius 1 is 1.19 bits per heavy atom. The van der Waals surface area contributed by atoms with E-state index in [1.807, 2.05) is 49.4 Å². The van der Waals surface area contributed by atoms with Crippen molar-refractivity contribution in [1.29, 1.82) is 0 Å². The molecule has 0 bridgehead atoms. The van der Waals surface area contributed by atoms with Crippen molar-refractivity contribution in [3.8, 4) is 5.13 Å². The monoisotopic (exact) mass is 565 g/mol. The van der Waals surface area contributed by atoms with Crippen molar-refractivity contribution in [3.05, 3.63) is 67.8 Å². The molecule has 31 heavy (non-hydrogen) atoms. The number of aryl methyl sites for hydroxylation is 2. The van der Waals surface area contributed by atoms with E-state index in [-0.39, 0.29) is 5.56 Å². The summed E-state index contributed by atoms with van der Waals surface area (Å²) in [6.45, 7) is 4.26. The molecule has 2 heterocycles. The number of benzene rings is 2. The number of nitrogens with one attached hydrogen (secondary N) is 1. The Balaban J connectivity index is 1.43. The highest BCUT2D eigenvalue weighted by atomic mass is 127. The molecule has 0 aliphatic rings. The molecule has 4 aromatic rings. The van der Waals surface area contributed by atoms with E-state index in [1.54, 1.807) is 6.92 Å². The Labute approximate surface area is 201 Å². The normalized spacial score (nSPS) is 12.3. The fraction of sp³-hybridized carbons (Fsp3) is 0.238. The largest absolute Gasteiger partial charge is 0.390 e. The second-order valence-electron chi connectivity index (χ2n) is 7.02. The third-order valence-corrected chi connectivity index (χ3v) is 7.44. The summed E-state index contributed by atoms with van der Waals surface area (Å²) in [5, 5.41) is 22.9. The first-order valence-corrected chi connectivity index (χ1v) is 12.4. The second kappa shape index (κ2) is 9.63. The van der Waals surface area contributed by atoms with Crippen LogP contribution in [0.4, 0.5) is 5.69 Å². The van der Waals surface area contributed by atoms with Gasteiger partial charge in [0, 0.05) is 21.6 Å². The lowest BCUT2D eigenvalue weighted by molar-refractivity contribution is 0.213. The van der Waals surface area contributed by atoms with Gasteiger partial charge in [0.15, 0.2) is 4.34 Å². The maximum Gasteiger partial charge on any atom is 0.267 e. The first-order chi connectivity index (χ1) is 14.9. The van der Waals surface area contributed by atoms with Crippen molar-refractivity contribution >= 4 is 62.3 Å². The average molecular weight is 565 g/mol. The Morgan fingerprint density at radius 2 is 1.97 bits per heavy atom. The van der Waals surface area contributed by atoms with Gasteiger partial charge in [0.2, 0.25) is 5.13 Å². The number of nitrogens with zero attached hydrogens (tertiary/aromatic N) is 4. The number of aliphatic hydroxyl groups is 1. The highest BCUT2D eigenvalue weighted by molar-refractivity contribution is 14.1. The summed E-state index contributed by atoms with van der Waals surface area (Å²) in [5.41, 5.74) is 2.68. The van der Waals surface area contributed by atoms with Crippen molar-refractivity contribution in [1.82, 2.24) is 19.7 Å². The zero-order chi connectivity index (χ0) is 22.0. The van der Waals surface area contributed by atoms with Crippen LogP contribution in [0.5, 0.6) is 0 Å².